The summed E-state index contributed by atoms with van der Waals surface area (Å²) < 4.78 is 0. The van der Waals surface area contributed by atoms with E-state index in [9.17, 15) is 4.79 Å². The first-order valence-electron chi connectivity index (χ1n) is 5.71. The molecule has 3 nitrogen and oxygen atoms in total. The van der Waals surface area contributed by atoms with Crippen molar-refractivity contribution >= 4 is 35.8 Å². The molecule has 0 heterocycles. The maximum atomic E-state index is 11.9. The van der Waals surface area contributed by atoms with Crippen LogP contribution in [0.2, 0.25) is 0 Å². The molecule has 1 unspecified atom stereocenters. The number of carbonyl (C=O) groups is 1. The summed E-state index contributed by atoms with van der Waals surface area (Å²) in [6, 6.07) is 7.88. The van der Waals surface area contributed by atoms with Crippen molar-refractivity contribution in [3.8, 4) is 0 Å². The summed E-state index contributed by atoms with van der Waals surface area (Å²) in [5.74, 6) is 0.968. The highest BCUT2D eigenvalue weighted by Gasteiger charge is 2.13. The molecule has 1 aromatic carbocycles. The number of halogens is 1. The van der Waals surface area contributed by atoms with Crippen molar-refractivity contribution in [2.45, 2.75) is 13.5 Å². The smallest absolute Gasteiger partial charge is 0.228 e. The van der Waals surface area contributed by atoms with Crippen LogP contribution in [-0.2, 0) is 11.3 Å². The minimum atomic E-state index is 0. The molecule has 102 valence electrons. The van der Waals surface area contributed by atoms with Crippen LogP contribution in [0.1, 0.15) is 12.5 Å². The lowest BCUT2D eigenvalue weighted by Crippen LogP contribution is -2.23. The lowest BCUT2D eigenvalue weighted by Gasteiger charge is -2.14. The Morgan fingerprint density at radius 1 is 1.39 bits per heavy atom. The maximum absolute atomic E-state index is 11.9. The minimum absolute atomic E-state index is 0. The summed E-state index contributed by atoms with van der Waals surface area (Å²) in [6.07, 6.45) is 2.01. The number of hydrogen-bond acceptors (Lipinski definition) is 3. The summed E-state index contributed by atoms with van der Waals surface area (Å²) >= 11 is 1.69. The first kappa shape index (κ1) is 17.3. The van der Waals surface area contributed by atoms with Gasteiger partial charge in [-0.2, -0.15) is 11.8 Å². The van der Waals surface area contributed by atoms with Gasteiger partial charge in [0.15, 0.2) is 0 Å². The molecular formula is C13H21ClN2OS. The molecule has 1 aromatic rings. The SMILES string of the molecule is CNCc1ccccc1NC(=O)C(C)CSC.Cl. The third kappa shape index (κ3) is 5.29. The predicted molar refractivity (Wildman–Crippen MR) is 82.6 cm³/mol. The van der Waals surface area contributed by atoms with E-state index in [0.717, 1.165) is 23.5 Å². The molecule has 0 saturated carbocycles. The van der Waals surface area contributed by atoms with Gasteiger partial charge in [0.05, 0.1) is 0 Å². The highest BCUT2D eigenvalue weighted by atomic mass is 35.5. The molecular weight excluding hydrogens is 268 g/mol. The fourth-order valence-electron chi connectivity index (χ4n) is 1.57. The maximum Gasteiger partial charge on any atom is 0.228 e. The Labute approximate surface area is 120 Å². The number of benzene rings is 1. The highest BCUT2D eigenvalue weighted by molar-refractivity contribution is 7.98. The number of carbonyl (C=O) groups excluding carboxylic acids is 1. The second kappa shape index (κ2) is 9.25. The summed E-state index contributed by atoms with van der Waals surface area (Å²) in [6.45, 7) is 2.71. The van der Waals surface area contributed by atoms with Gasteiger partial charge >= 0.3 is 0 Å². The van der Waals surface area contributed by atoms with Crippen molar-refractivity contribution in [1.29, 1.82) is 0 Å². The lowest BCUT2D eigenvalue weighted by atomic mass is 10.1. The van der Waals surface area contributed by atoms with E-state index in [2.05, 4.69) is 10.6 Å². The lowest BCUT2D eigenvalue weighted by molar-refractivity contribution is -0.118. The molecule has 1 atom stereocenters. The molecule has 1 rings (SSSR count). The van der Waals surface area contributed by atoms with Gasteiger partial charge < -0.3 is 10.6 Å². The molecule has 2 N–H and O–H groups in total. The normalized spacial score (nSPS) is 11.5. The average Bonchev–Trinajstić information content (AvgIpc) is 2.32. The molecule has 0 spiro atoms. The van der Waals surface area contributed by atoms with Crippen molar-refractivity contribution in [3.63, 3.8) is 0 Å². The number of para-hydroxylation sites is 1. The van der Waals surface area contributed by atoms with Gasteiger partial charge in [0.1, 0.15) is 0 Å². The number of thioether (sulfide) groups is 1. The van der Waals surface area contributed by atoms with Crippen LogP contribution in [0.25, 0.3) is 0 Å². The van der Waals surface area contributed by atoms with Crippen molar-refractivity contribution in [2.24, 2.45) is 5.92 Å². The van der Waals surface area contributed by atoms with Crippen molar-refractivity contribution in [3.05, 3.63) is 29.8 Å². The number of amides is 1. The number of anilines is 1. The number of nitrogens with one attached hydrogen (secondary N) is 2. The fraction of sp³-hybridized carbons (Fsp3) is 0.462. The topological polar surface area (TPSA) is 41.1 Å². The van der Waals surface area contributed by atoms with Gasteiger partial charge in [0, 0.05) is 23.9 Å². The third-order valence-electron chi connectivity index (χ3n) is 2.51. The fourth-order valence-corrected chi connectivity index (χ4v) is 2.22. The van der Waals surface area contributed by atoms with Crippen LogP contribution in [0, 0.1) is 5.92 Å². The molecule has 0 saturated heterocycles. The van der Waals surface area contributed by atoms with Gasteiger partial charge in [-0.25, -0.2) is 0 Å². The van der Waals surface area contributed by atoms with Crippen molar-refractivity contribution in [2.75, 3.05) is 24.4 Å². The molecule has 5 heteroatoms. The van der Waals surface area contributed by atoms with Gasteiger partial charge in [-0.1, -0.05) is 25.1 Å². The van der Waals surface area contributed by atoms with Crippen molar-refractivity contribution in [1.82, 2.24) is 5.32 Å². The van der Waals surface area contributed by atoms with Gasteiger partial charge in [0.25, 0.3) is 0 Å². The summed E-state index contributed by atoms with van der Waals surface area (Å²) in [4.78, 5) is 11.9. The Bertz CT molecular complexity index is 374. The zero-order chi connectivity index (χ0) is 12.7. The third-order valence-corrected chi connectivity index (χ3v) is 3.34. The van der Waals surface area contributed by atoms with Crippen LogP contribution >= 0.6 is 24.2 Å². The summed E-state index contributed by atoms with van der Waals surface area (Å²) in [5.41, 5.74) is 2.01. The highest BCUT2D eigenvalue weighted by Crippen LogP contribution is 2.16. The van der Waals surface area contributed by atoms with Crippen molar-refractivity contribution < 1.29 is 4.79 Å². The average molecular weight is 289 g/mol. The van der Waals surface area contributed by atoms with E-state index in [4.69, 9.17) is 0 Å². The molecule has 0 bridgehead atoms. The van der Waals surface area contributed by atoms with E-state index in [1.807, 2.05) is 44.5 Å². The van der Waals surface area contributed by atoms with Crippen LogP contribution < -0.4 is 10.6 Å². The van der Waals surface area contributed by atoms with E-state index in [1.165, 1.54) is 0 Å². The van der Waals surface area contributed by atoms with Gasteiger partial charge in [0.2, 0.25) is 5.91 Å². The largest absolute Gasteiger partial charge is 0.326 e. The Morgan fingerprint density at radius 3 is 2.67 bits per heavy atom. The standard InChI is InChI=1S/C13H20N2OS.ClH/c1-10(9-17-3)13(16)15-12-7-5-4-6-11(12)8-14-2;/h4-7,10,14H,8-9H2,1-3H3,(H,15,16);1H. The zero-order valence-electron chi connectivity index (χ0n) is 11.0. The minimum Gasteiger partial charge on any atom is -0.326 e. The van der Waals surface area contributed by atoms with E-state index < -0.39 is 0 Å². The second-order valence-electron chi connectivity index (χ2n) is 4.03. The Kier molecular flexibility index (Phi) is 8.89. The second-order valence-corrected chi connectivity index (χ2v) is 4.94. The molecule has 0 fully saturated rings. The van der Waals surface area contributed by atoms with E-state index >= 15 is 0 Å². The number of hydrogen-bond donors (Lipinski definition) is 2. The molecule has 0 aliphatic rings. The monoisotopic (exact) mass is 288 g/mol. The van der Waals surface area contributed by atoms with Crippen LogP contribution in [0.15, 0.2) is 24.3 Å². The molecule has 1 amide bonds. The quantitative estimate of drug-likeness (QED) is 0.846. The Hall–Kier alpha value is -0.710. The Morgan fingerprint density at radius 2 is 2.06 bits per heavy atom. The first-order chi connectivity index (χ1) is 8.19. The molecule has 18 heavy (non-hydrogen) atoms. The molecule has 0 aliphatic heterocycles. The van der Waals surface area contributed by atoms with Crippen LogP contribution in [0.3, 0.4) is 0 Å². The van der Waals surface area contributed by atoms with Gasteiger partial charge in [-0.3, -0.25) is 4.79 Å². The van der Waals surface area contributed by atoms with Crippen LogP contribution in [0.4, 0.5) is 5.69 Å². The van der Waals surface area contributed by atoms with Crippen LogP contribution in [-0.4, -0.2) is 25.0 Å². The van der Waals surface area contributed by atoms with E-state index in [1.54, 1.807) is 11.8 Å². The summed E-state index contributed by atoms with van der Waals surface area (Å²) in [5, 5.41) is 6.08. The zero-order valence-corrected chi connectivity index (χ0v) is 12.7. The van der Waals surface area contributed by atoms with E-state index in [-0.39, 0.29) is 24.2 Å². The molecule has 0 aromatic heterocycles. The number of rotatable bonds is 6. The van der Waals surface area contributed by atoms with Gasteiger partial charge in [-0.15, -0.1) is 12.4 Å². The first-order valence-corrected chi connectivity index (χ1v) is 7.10. The summed E-state index contributed by atoms with van der Waals surface area (Å²) in [7, 11) is 1.90. The Balaban J connectivity index is 0.00000289. The van der Waals surface area contributed by atoms with Gasteiger partial charge in [-0.05, 0) is 24.9 Å². The van der Waals surface area contributed by atoms with Crippen LogP contribution in [0.5, 0.6) is 0 Å². The predicted octanol–water partition coefficient (Wildman–Crippen LogP) is 2.77. The van der Waals surface area contributed by atoms with E-state index in [0.29, 0.717) is 0 Å². The molecule has 0 radical (unpaired) electrons. The molecule has 0 aliphatic carbocycles.